The van der Waals surface area contributed by atoms with Gasteiger partial charge in [0.15, 0.2) is 7.05 Å². The van der Waals surface area contributed by atoms with E-state index in [-0.39, 0.29) is 6.29 Å². The van der Waals surface area contributed by atoms with Crippen LogP contribution < -0.4 is 0 Å². The van der Waals surface area contributed by atoms with Gasteiger partial charge >= 0.3 is 12.6 Å². The van der Waals surface area contributed by atoms with Crippen molar-refractivity contribution in [1.82, 2.24) is 4.90 Å². The first kappa shape index (κ1) is 7.34. The zero-order valence-electron chi connectivity index (χ0n) is 6.94. The monoisotopic (exact) mass is 142 g/mol. The smallest absolute Gasteiger partial charge is 0.209 e. The minimum absolute atomic E-state index is 0.278. The molecule has 1 aliphatic rings. The van der Waals surface area contributed by atoms with Crippen molar-refractivity contribution in [2.45, 2.75) is 6.29 Å². The van der Waals surface area contributed by atoms with Crippen molar-refractivity contribution in [2.75, 3.05) is 28.2 Å². The fourth-order valence-corrected chi connectivity index (χ4v) is 1.24. The molecule has 0 bridgehead atoms. The van der Waals surface area contributed by atoms with E-state index >= 15 is 0 Å². The molecule has 0 spiro atoms. The molecule has 0 saturated carbocycles. The summed E-state index contributed by atoms with van der Waals surface area (Å²) in [5, 5.41) is 4.11. The van der Waals surface area contributed by atoms with E-state index in [4.69, 9.17) is 0 Å². The van der Waals surface area contributed by atoms with Gasteiger partial charge in [-0.05, 0) is 14.1 Å². The van der Waals surface area contributed by atoms with Gasteiger partial charge in [-0.2, -0.15) is 4.58 Å². The molecule has 1 aliphatic heterocycles. The van der Waals surface area contributed by atoms with Gasteiger partial charge in [0.2, 0.25) is 5.11 Å². The van der Waals surface area contributed by atoms with Gasteiger partial charge in [-0.3, -0.25) is 0 Å². The summed E-state index contributed by atoms with van der Waals surface area (Å²) in [6.07, 6.45) is 2.10. The highest BCUT2D eigenvalue weighted by Gasteiger charge is 2.34. The predicted molar refractivity (Wildman–Crippen MR) is 38.3 cm³/mol. The Balaban J connectivity index is 2.76. The fourth-order valence-electron chi connectivity index (χ4n) is 1.24. The number of rotatable bonds is 1. The van der Waals surface area contributed by atoms with Gasteiger partial charge in [-0.25, -0.2) is 4.90 Å². The number of azo groups is 2. The lowest BCUT2D eigenvalue weighted by Gasteiger charge is -2.09. The lowest BCUT2D eigenvalue weighted by atomic mass is 10.7. The molecule has 1 unspecified atom stereocenters. The Kier molecular flexibility index (Phi) is 1.80. The molecule has 10 heavy (non-hydrogen) atoms. The Morgan fingerprint density at radius 2 is 2.00 bits per heavy atom. The molecule has 0 aromatic heterocycles. The molecule has 1 atom stereocenters. The van der Waals surface area contributed by atoms with Gasteiger partial charge in [0.05, 0.1) is 7.05 Å². The summed E-state index contributed by atoms with van der Waals surface area (Å²) in [5.41, 5.74) is 0. The van der Waals surface area contributed by atoms with Crippen LogP contribution in [0.1, 0.15) is 0 Å². The zero-order chi connectivity index (χ0) is 7.72. The van der Waals surface area contributed by atoms with E-state index in [1.165, 1.54) is 0 Å². The zero-order valence-corrected chi connectivity index (χ0v) is 6.94. The lowest BCUT2D eigenvalue weighted by Crippen LogP contribution is -2.41. The molecular weight excluding hydrogens is 128 g/mol. The van der Waals surface area contributed by atoms with Gasteiger partial charge in [0.1, 0.15) is 0 Å². The van der Waals surface area contributed by atoms with Crippen molar-refractivity contribution in [3.05, 3.63) is 0 Å². The molecule has 56 valence electrons. The van der Waals surface area contributed by atoms with Gasteiger partial charge in [0, 0.05) is 4.70 Å². The summed E-state index contributed by atoms with van der Waals surface area (Å²) in [6, 6.07) is 0. The van der Waals surface area contributed by atoms with Crippen LogP contribution in [-0.4, -0.2) is 55.0 Å². The largest absolute Gasteiger partial charge is 0.395 e. The molecule has 1 rings (SSSR count). The van der Waals surface area contributed by atoms with Gasteiger partial charge in [0.25, 0.3) is 0 Å². The summed E-state index contributed by atoms with van der Waals surface area (Å²) in [5.74, 6) is 0. The Morgan fingerprint density at radius 1 is 1.40 bits per heavy atom. The average molecular weight is 142 g/mol. The highest BCUT2D eigenvalue weighted by Crippen LogP contribution is 1.99. The maximum Gasteiger partial charge on any atom is 0.395 e. The lowest BCUT2D eigenvalue weighted by molar-refractivity contribution is -0.783. The van der Waals surface area contributed by atoms with Crippen LogP contribution in [0.4, 0.5) is 0 Å². The Morgan fingerprint density at radius 3 is 2.20 bits per heavy atom. The van der Waals surface area contributed by atoms with E-state index in [0.29, 0.717) is 0 Å². The quantitative estimate of drug-likeness (QED) is 0.457. The number of hydrogen-bond donors (Lipinski definition) is 0. The van der Waals surface area contributed by atoms with E-state index < -0.39 is 0 Å². The van der Waals surface area contributed by atoms with Crippen molar-refractivity contribution < 1.29 is 9.27 Å². The van der Waals surface area contributed by atoms with Gasteiger partial charge in [-0.1, -0.05) is 0 Å². The maximum absolute atomic E-state index is 4.11. The Bertz CT molecular complexity index is 174. The third kappa shape index (κ3) is 1.07. The first-order valence-electron chi connectivity index (χ1n) is 3.28. The number of hydrogen-bond acceptors (Lipinski definition) is 2. The van der Waals surface area contributed by atoms with Gasteiger partial charge < -0.3 is 0 Å². The highest BCUT2D eigenvalue weighted by atomic mass is 15.5. The summed E-state index contributed by atoms with van der Waals surface area (Å²) in [4.78, 5) is 2.10. The first-order chi connectivity index (χ1) is 4.63. The van der Waals surface area contributed by atoms with Crippen LogP contribution >= 0.6 is 0 Å². The molecule has 0 fully saturated rings. The molecule has 0 N–H and O–H groups in total. The van der Waals surface area contributed by atoms with E-state index in [1.807, 2.05) is 39.2 Å². The Hall–Kier alpha value is -0.770. The normalized spacial score (nSPS) is 25.1. The third-order valence-electron chi connectivity index (χ3n) is 1.58. The molecule has 0 saturated heterocycles. The van der Waals surface area contributed by atoms with Crippen molar-refractivity contribution in [3.63, 3.8) is 0 Å². The highest BCUT2D eigenvalue weighted by molar-refractivity contribution is 5.47. The van der Waals surface area contributed by atoms with Crippen molar-refractivity contribution in [2.24, 2.45) is 5.11 Å². The van der Waals surface area contributed by atoms with Crippen molar-refractivity contribution in [1.29, 1.82) is 0 Å². The van der Waals surface area contributed by atoms with E-state index in [1.54, 1.807) is 0 Å². The van der Waals surface area contributed by atoms with E-state index in [9.17, 15) is 0 Å². The molecule has 4 heteroatoms. The molecule has 1 heterocycles. The van der Waals surface area contributed by atoms with Crippen LogP contribution in [0, 0.1) is 0 Å². The van der Waals surface area contributed by atoms with E-state index in [0.717, 1.165) is 0 Å². The minimum Gasteiger partial charge on any atom is -0.209 e. The molecule has 0 aromatic carbocycles. The van der Waals surface area contributed by atoms with Crippen LogP contribution in [0.25, 0.3) is 0 Å². The summed E-state index contributed by atoms with van der Waals surface area (Å²) in [7, 11) is 8.04. The van der Waals surface area contributed by atoms with Crippen LogP contribution in [0.15, 0.2) is 5.11 Å². The standard InChI is InChI=1S/C6H14N4/c1-8(2)6-9(3)5-7-10(6)4/h5-6H,1-4H3/q+2. The Labute approximate surface area is 61.1 Å². The van der Waals surface area contributed by atoms with Crippen molar-refractivity contribution >= 4 is 6.34 Å². The van der Waals surface area contributed by atoms with Crippen LogP contribution in [0.3, 0.4) is 0 Å². The summed E-state index contributed by atoms with van der Waals surface area (Å²) < 4.78 is 3.97. The second kappa shape index (κ2) is 2.46. The summed E-state index contributed by atoms with van der Waals surface area (Å²) >= 11 is 0. The molecular formula is C6H14N4+2. The van der Waals surface area contributed by atoms with Crippen LogP contribution in [-0.2, 0) is 0 Å². The third-order valence-corrected chi connectivity index (χ3v) is 1.58. The minimum atomic E-state index is 0.278. The van der Waals surface area contributed by atoms with Crippen LogP contribution in [0.2, 0.25) is 0 Å². The predicted octanol–water partition coefficient (Wildman–Crippen LogP) is -0.390. The second-order valence-corrected chi connectivity index (χ2v) is 2.78. The molecule has 0 amide bonds. The van der Waals surface area contributed by atoms with E-state index in [2.05, 4.69) is 14.6 Å². The molecule has 0 aromatic rings. The summed E-state index contributed by atoms with van der Waals surface area (Å²) in [6.45, 7) is 0. The average Bonchev–Trinajstić information content (AvgIpc) is 2.11. The molecule has 0 radical (unpaired) electrons. The van der Waals surface area contributed by atoms with Crippen LogP contribution in [0.5, 0.6) is 0 Å². The topological polar surface area (TPSA) is 21.6 Å². The first-order valence-corrected chi connectivity index (χ1v) is 3.28. The van der Waals surface area contributed by atoms with Gasteiger partial charge in [-0.15, -0.1) is 0 Å². The second-order valence-electron chi connectivity index (χ2n) is 2.78. The number of nitrogens with zero attached hydrogens (tertiary/aromatic N) is 4. The molecule has 0 aliphatic carbocycles. The maximum atomic E-state index is 4.11. The molecule has 4 nitrogen and oxygen atoms in total. The van der Waals surface area contributed by atoms with Crippen molar-refractivity contribution in [3.8, 4) is 0 Å². The SMILES string of the molecule is CN(C)C1[N+](C)=CN=[N+]1C. The fraction of sp³-hybridized carbons (Fsp3) is 0.833.